The summed E-state index contributed by atoms with van der Waals surface area (Å²) in [6.07, 6.45) is 0.238. The minimum absolute atomic E-state index is 0. The van der Waals surface area contributed by atoms with Crippen LogP contribution < -0.4 is 10.6 Å². The molecule has 0 aliphatic carbocycles. The predicted octanol–water partition coefficient (Wildman–Crippen LogP) is 3.28. The van der Waals surface area contributed by atoms with Gasteiger partial charge in [-0.15, -0.1) is 35.3 Å². The Morgan fingerprint density at radius 1 is 1.33 bits per heavy atom. The molecule has 1 rings (SSSR count). The van der Waals surface area contributed by atoms with Gasteiger partial charge in [0.05, 0.1) is 24.8 Å². The molecule has 1 aromatic rings. The number of nitrogens with zero attached hydrogens (tertiary/aromatic N) is 2. The lowest BCUT2D eigenvalue weighted by molar-refractivity contribution is -0.147. The normalized spacial score (nSPS) is 11.4. The average Bonchev–Trinajstić information content (AvgIpc) is 2.93. The predicted molar refractivity (Wildman–Crippen MR) is 110 cm³/mol. The van der Waals surface area contributed by atoms with Crippen LogP contribution in [0.5, 0.6) is 0 Å². The van der Waals surface area contributed by atoms with Gasteiger partial charge in [0.2, 0.25) is 0 Å². The van der Waals surface area contributed by atoms with E-state index in [1.165, 1.54) is 0 Å². The minimum atomic E-state index is -0.204. The molecule has 0 aliphatic rings. The SMILES string of the molecule is CCNC(=NCc1nc(C(C)C)cs1)NCCC(=O)OC(C)C.I. The topological polar surface area (TPSA) is 75.6 Å². The number of guanidine groups is 1. The van der Waals surface area contributed by atoms with Crippen LogP contribution in [0, 0.1) is 0 Å². The summed E-state index contributed by atoms with van der Waals surface area (Å²) >= 11 is 1.63. The molecule has 0 fully saturated rings. The zero-order valence-corrected chi connectivity index (χ0v) is 18.2. The Bertz CT molecular complexity index is 518. The number of hydrogen-bond donors (Lipinski definition) is 2. The minimum Gasteiger partial charge on any atom is -0.463 e. The van der Waals surface area contributed by atoms with Crippen LogP contribution in [-0.4, -0.2) is 36.1 Å². The maximum Gasteiger partial charge on any atom is 0.307 e. The van der Waals surface area contributed by atoms with Gasteiger partial charge in [-0.1, -0.05) is 13.8 Å². The second-order valence-corrected chi connectivity index (χ2v) is 6.67. The van der Waals surface area contributed by atoms with E-state index >= 15 is 0 Å². The molecule has 8 heteroatoms. The van der Waals surface area contributed by atoms with Crippen LogP contribution in [0.3, 0.4) is 0 Å². The monoisotopic (exact) mass is 468 g/mol. The van der Waals surface area contributed by atoms with Crippen molar-refractivity contribution in [1.29, 1.82) is 0 Å². The summed E-state index contributed by atoms with van der Waals surface area (Å²) in [4.78, 5) is 20.6. The van der Waals surface area contributed by atoms with Gasteiger partial charge in [0.1, 0.15) is 5.01 Å². The number of aromatic nitrogens is 1. The molecule has 0 spiro atoms. The summed E-state index contributed by atoms with van der Waals surface area (Å²) < 4.78 is 5.10. The van der Waals surface area contributed by atoms with Gasteiger partial charge in [-0.2, -0.15) is 0 Å². The average molecular weight is 468 g/mol. The molecule has 0 aromatic carbocycles. The molecule has 0 bridgehead atoms. The maximum atomic E-state index is 11.5. The van der Waals surface area contributed by atoms with E-state index in [2.05, 4.69) is 39.8 Å². The number of carbonyl (C=O) groups is 1. The van der Waals surface area contributed by atoms with Crippen molar-refractivity contribution in [2.45, 2.75) is 59.6 Å². The lowest BCUT2D eigenvalue weighted by Gasteiger charge is -2.11. The zero-order chi connectivity index (χ0) is 17.2. The fourth-order valence-corrected chi connectivity index (χ4v) is 2.63. The molecule has 6 nitrogen and oxygen atoms in total. The fraction of sp³-hybridized carbons (Fsp3) is 0.688. The molecule has 0 amide bonds. The highest BCUT2D eigenvalue weighted by molar-refractivity contribution is 14.0. The summed E-state index contributed by atoms with van der Waals surface area (Å²) in [5.74, 6) is 0.915. The van der Waals surface area contributed by atoms with Gasteiger partial charge >= 0.3 is 5.97 Å². The van der Waals surface area contributed by atoms with Crippen LogP contribution >= 0.6 is 35.3 Å². The number of hydrogen-bond acceptors (Lipinski definition) is 5. The van der Waals surface area contributed by atoms with E-state index in [1.54, 1.807) is 11.3 Å². The van der Waals surface area contributed by atoms with Crippen molar-refractivity contribution in [2.75, 3.05) is 13.1 Å². The summed E-state index contributed by atoms with van der Waals surface area (Å²) in [7, 11) is 0. The molecular weight excluding hydrogens is 439 g/mol. The first-order valence-electron chi connectivity index (χ1n) is 8.08. The number of aliphatic imine (C=N–C) groups is 1. The van der Waals surface area contributed by atoms with Gasteiger partial charge < -0.3 is 15.4 Å². The molecule has 24 heavy (non-hydrogen) atoms. The van der Waals surface area contributed by atoms with Crippen molar-refractivity contribution >= 4 is 47.2 Å². The standard InChI is InChI=1S/C16H28N4O2S.HI/c1-6-17-16(18-8-7-15(21)22-12(4)5)19-9-14-20-13(10-23-14)11(2)3;/h10-12H,6-9H2,1-5H3,(H2,17,18,19);1H. The third-order valence-corrected chi connectivity index (χ3v) is 3.72. The molecule has 2 N–H and O–H groups in total. The quantitative estimate of drug-likeness (QED) is 0.265. The summed E-state index contributed by atoms with van der Waals surface area (Å²) in [6, 6.07) is 0. The Labute approximate surface area is 165 Å². The molecule has 138 valence electrons. The Balaban J connectivity index is 0.00000529. The van der Waals surface area contributed by atoms with Crippen LogP contribution in [0.15, 0.2) is 10.4 Å². The number of nitrogens with one attached hydrogen (secondary N) is 2. The van der Waals surface area contributed by atoms with Gasteiger partial charge in [-0.3, -0.25) is 4.79 Å². The Kier molecular flexibility index (Phi) is 12.0. The molecule has 1 aromatic heterocycles. The van der Waals surface area contributed by atoms with E-state index in [0.717, 1.165) is 17.2 Å². The molecule has 0 aliphatic heterocycles. The highest BCUT2D eigenvalue weighted by Crippen LogP contribution is 2.18. The number of thiazole rings is 1. The second kappa shape index (κ2) is 12.5. The first-order valence-corrected chi connectivity index (χ1v) is 8.96. The number of ether oxygens (including phenoxy) is 1. The summed E-state index contributed by atoms with van der Waals surface area (Å²) in [5.41, 5.74) is 1.11. The second-order valence-electron chi connectivity index (χ2n) is 5.73. The van der Waals surface area contributed by atoms with Gasteiger partial charge in [-0.05, 0) is 26.7 Å². The van der Waals surface area contributed by atoms with Crippen molar-refractivity contribution in [3.8, 4) is 0 Å². The Morgan fingerprint density at radius 2 is 2.04 bits per heavy atom. The summed E-state index contributed by atoms with van der Waals surface area (Å²) in [5, 5.41) is 9.37. The van der Waals surface area contributed by atoms with Crippen molar-refractivity contribution < 1.29 is 9.53 Å². The number of carbonyl (C=O) groups excluding carboxylic acids is 1. The van der Waals surface area contributed by atoms with Crippen molar-refractivity contribution in [3.05, 3.63) is 16.1 Å². The van der Waals surface area contributed by atoms with Crippen LogP contribution in [0.4, 0.5) is 0 Å². The van der Waals surface area contributed by atoms with Gasteiger partial charge in [0, 0.05) is 18.5 Å². The van der Waals surface area contributed by atoms with Crippen molar-refractivity contribution in [1.82, 2.24) is 15.6 Å². The van der Waals surface area contributed by atoms with E-state index in [1.807, 2.05) is 20.8 Å². The van der Waals surface area contributed by atoms with Gasteiger partial charge in [-0.25, -0.2) is 9.98 Å². The van der Waals surface area contributed by atoms with Crippen LogP contribution in [-0.2, 0) is 16.1 Å². The summed E-state index contributed by atoms with van der Waals surface area (Å²) in [6.45, 7) is 11.7. The van der Waals surface area contributed by atoms with Crippen molar-refractivity contribution in [2.24, 2.45) is 4.99 Å². The largest absolute Gasteiger partial charge is 0.463 e. The number of rotatable bonds is 8. The number of halogens is 1. The highest BCUT2D eigenvalue weighted by atomic mass is 127. The smallest absolute Gasteiger partial charge is 0.307 e. The Morgan fingerprint density at radius 3 is 2.58 bits per heavy atom. The molecular formula is C16H29IN4O2S. The molecule has 0 unspecified atom stereocenters. The molecule has 1 heterocycles. The molecule has 0 saturated carbocycles. The van der Waals surface area contributed by atoms with Crippen LogP contribution in [0.25, 0.3) is 0 Å². The third kappa shape index (κ3) is 9.41. The number of esters is 1. The zero-order valence-electron chi connectivity index (χ0n) is 15.1. The first-order chi connectivity index (χ1) is 10.9. The van der Waals surface area contributed by atoms with E-state index in [0.29, 0.717) is 31.4 Å². The van der Waals surface area contributed by atoms with E-state index in [-0.39, 0.29) is 36.0 Å². The van der Waals surface area contributed by atoms with E-state index in [9.17, 15) is 4.79 Å². The Hall–Kier alpha value is -0.900. The van der Waals surface area contributed by atoms with E-state index in [4.69, 9.17) is 4.74 Å². The van der Waals surface area contributed by atoms with Crippen molar-refractivity contribution in [3.63, 3.8) is 0 Å². The lowest BCUT2D eigenvalue weighted by Crippen LogP contribution is -2.38. The van der Waals surface area contributed by atoms with Gasteiger partial charge in [0.15, 0.2) is 5.96 Å². The molecule has 0 saturated heterocycles. The maximum absolute atomic E-state index is 11.5. The molecule has 0 atom stereocenters. The van der Waals surface area contributed by atoms with Crippen LogP contribution in [0.2, 0.25) is 0 Å². The van der Waals surface area contributed by atoms with E-state index < -0.39 is 0 Å². The van der Waals surface area contributed by atoms with Gasteiger partial charge in [0.25, 0.3) is 0 Å². The fourth-order valence-electron chi connectivity index (χ4n) is 1.76. The highest BCUT2D eigenvalue weighted by Gasteiger charge is 2.07. The third-order valence-electron chi connectivity index (χ3n) is 2.87. The lowest BCUT2D eigenvalue weighted by atomic mass is 10.2. The van der Waals surface area contributed by atoms with Crippen LogP contribution in [0.1, 0.15) is 57.7 Å². The molecule has 0 radical (unpaired) electrons. The first kappa shape index (κ1) is 23.1.